The Bertz CT molecular complexity index is 928. The summed E-state index contributed by atoms with van der Waals surface area (Å²) < 4.78 is 0. The Labute approximate surface area is 156 Å². The van der Waals surface area contributed by atoms with Crippen LogP contribution < -0.4 is 16.8 Å². The van der Waals surface area contributed by atoms with Gasteiger partial charge in [-0.2, -0.15) is 0 Å². The van der Waals surface area contributed by atoms with E-state index in [0.29, 0.717) is 17.5 Å². The summed E-state index contributed by atoms with van der Waals surface area (Å²) >= 11 is 0. The van der Waals surface area contributed by atoms with Gasteiger partial charge in [-0.05, 0) is 59.6 Å². The van der Waals surface area contributed by atoms with Gasteiger partial charge in [-0.1, -0.05) is 18.2 Å². The minimum absolute atomic E-state index is 0.186. The average molecular weight is 361 g/mol. The van der Waals surface area contributed by atoms with E-state index in [1.807, 2.05) is 12.3 Å². The molecule has 0 radical (unpaired) electrons. The Hall–Kier alpha value is -3.67. The van der Waals surface area contributed by atoms with Crippen LogP contribution in [0.15, 0.2) is 83.3 Å². The first-order valence-electron chi connectivity index (χ1n) is 8.42. The Kier molecular flexibility index (Phi) is 5.17. The van der Waals surface area contributed by atoms with E-state index in [9.17, 15) is 14.4 Å². The maximum Gasteiger partial charge on any atom is 0.248 e. The van der Waals surface area contributed by atoms with Gasteiger partial charge in [0.05, 0.1) is 0 Å². The van der Waals surface area contributed by atoms with E-state index in [4.69, 9.17) is 11.5 Å². The molecule has 1 aliphatic heterocycles. The first-order valence-corrected chi connectivity index (χ1v) is 8.42. The minimum Gasteiger partial charge on any atom is -0.366 e. The van der Waals surface area contributed by atoms with Crippen molar-refractivity contribution >= 4 is 17.6 Å². The van der Waals surface area contributed by atoms with Crippen LogP contribution in [-0.2, 0) is 4.79 Å². The van der Waals surface area contributed by atoms with Gasteiger partial charge in [-0.15, -0.1) is 0 Å². The Balaban J connectivity index is 0.000000161. The van der Waals surface area contributed by atoms with E-state index in [1.54, 1.807) is 6.08 Å². The number of carbonyl (C=O) groups is 3. The minimum atomic E-state index is -0.522. The molecule has 0 spiro atoms. The van der Waals surface area contributed by atoms with E-state index < -0.39 is 11.8 Å². The zero-order valence-electron chi connectivity index (χ0n) is 14.6. The van der Waals surface area contributed by atoms with Crippen LogP contribution in [0.5, 0.6) is 0 Å². The number of amides is 2. The number of nitrogens with two attached hydrogens (primary N) is 2. The summed E-state index contributed by atoms with van der Waals surface area (Å²) in [6, 6.07) is 5.84. The molecule has 1 aromatic carbocycles. The number of primary amides is 2. The monoisotopic (exact) mass is 361 g/mol. The van der Waals surface area contributed by atoms with Crippen molar-refractivity contribution in [2.24, 2.45) is 11.5 Å². The summed E-state index contributed by atoms with van der Waals surface area (Å²) in [6.07, 6.45) is 13.3. The fraction of sp³-hybridized carbons (Fsp3) is 0.0952. The quantitative estimate of drug-likeness (QED) is 0.747. The van der Waals surface area contributed by atoms with Crippen molar-refractivity contribution in [1.82, 2.24) is 5.32 Å². The summed E-state index contributed by atoms with van der Waals surface area (Å²) in [5.41, 5.74) is 15.5. The van der Waals surface area contributed by atoms with Gasteiger partial charge in [0.15, 0.2) is 5.78 Å². The average Bonchev–Trinajstić information content (AvgIpc) is 2.68. The second kappa shape index (κ2) is 7.70. The second-order valence-electron chi connectivity index (χ2n) is 6.20. The molecule has 136 valence electrons. The molecule has 27 heavy (non-hydrogen) atoms. The number of rotatable bonds is 2. The first-order chi connectivity index (χ1) is 13.0. The number of dihydropyridines is 1. The van der Waals surface area contributed by atoms with E-state index in [0.717, 1.165) is 17.7 Å². The van der Waals surface area contributed by atoms with Gasteiger partial charge >= 0.3 is 0 Å². The number of ketones is 1. The maximum atomic E-state index is 11.3. The predicted molar refractivity (Wildman–Crippen MR) is 102 cm³/mol. The molecule has 4 rings (SSSR count). The van der Waals surface area contributed by atoms with Crippen LogP contribution in [0, 0.1) is 0 Å². The van der Waals surface area contributed by atoms with E-state index in [-0.39, 0.29) is 5.78 Å². The third-order valence-corrected chi connectivity index (χ3v) is 4.37. The number of nitrogens with one attached hydrogen (secondary N) is 1. The molecule has 0 fully saturated rings. The zero-order valence-corrected chi connectivity index (χ0v) is 14.6. The van der Waals surface area contributed by atoms with Crippen LogP contribution in [0.4, 0.5) is 0 Å². The predicted octanol–water partition coefficient (Wildman–Crippen LogP) is 2.03. The lowest BCUT2D eigenvalue weighted by Gasteiger charge is -2.25. The van der Waals surface area contributed by atoms with Gasteiger partial charge in [-0.3, -0.25) is 14.4 Å². The molecule has 0 aromatic heterocycles. The Morgan fingerprint density at radius 1 is 0.963 bits per heavy atom. The first kappa shape index (κ1) is 18.1. The highest BCUT2D eigenvalue weighted by molar-refractivity contribution is 5.96. The SMILES string of the molecule is NC(=O)c1ccc(C(N)=O)cc1.O=C1C=CC2=C3CC=CC=C3NC=C2C1. The molecule has 6 heteroatoms. The van der Waals surface area contributed by atoms with Crippen molar-refractivity contribution in [3.05, 3.63) is 94.4 Å². The van der Waals surface area contributed by atoms with Gasteiger partial charge in [-0.25, -0.2) is 0 Å². The lowest BCUT2D eigenvalue weighted by Crippen LogP contribution is -2.20. The van der Waals surface area contributed by atoms with E-state index >= 15 is 0 Å². The smallest absolute Gasteiger partial charge is 0.248 e. The van der Waals surface area contributed by atoms with Crippen molar-refractivity contribution in [2.45, 2.75) is 12.8 Å². The zero-order chi connectivity index (χ0) is 19.4. The standard InChI is InChI=1S/C13H11NO.C8H8N2O2/c15-10-5-6-11-9(7-10)8-14-13-4-2-1-3-12(11)13;9-7(11)5-1-2-6(4-3-5)8(10)12/h1-2,4-6,8,14H,3,7H2;1-4H,(H2,9,11)(H2,10,12). The number of fused-ring (bicyclic) bond motifs is 2. The maximum absolute atomic E-state index is 11.3. The molecule has 0 saturated heterocycles. The van der Waals surface area contributed by atoms with Crippen LogP contribution >= 0.6 is 0 Å². The third kappa shape index (κ3) is 4.12. The molecule has 5 N–H and O–H groups in total. The number of hydrogen-bond acceptors (Lipinski definition) is 4. The van der Waals surface area contributed by atoms with Crippen LogP contribution in [0.2, 0.25) is 0 Å². The molecule has 1 aromatic rings. The molecule has 0 bridgehead atoms. The van der Waals surface area contributed by atoms with Crippen LogP contribution in [0.25, 0.3) is 0 Å². The lowest BCUT2D eigenvalue weighted by atomic mass is 9.85. The number of benzene rings is 1. The summed E-state index contributed by atoms with van der Waals surface area (Å²) in [4.78, 5) is 32.4. The summed E-state index contributed by atoms with van der Waals surface area (Å²) in [6.45, 7) is 0. The highest BCUT2D eigenvalue weighted by atomic mass is 16.1. The fourth-order valence-corrected chi connectivity index (χ4v) is 2.96. The highest BCUT2D eigenvalue weighted by Crippen LogP contribution is 2.33. The van der Waals surface area contributed by atoms with Crippen molar-refractivity contribution in [2.75, 3.05) is 0 Å². The summed E-state index contributed by atoms with van der Waals surface area (Å²) in [5.74, 6) is -0.858. The van der Waals surface area contributed by atoms with E-state index in [2.05, 4.69) is 23.5 Å². The fourth-order valence-electron chi connectivity index (χ4n) is 2.96. The summed E-state index contributed by atoms with van der Waals surface area (Å²) in [7, 11) is 0. The second-order valence-corrected chi connectivity index (χ2v) is 6.20. The molecule has 3 aliphatic rings. The lowest BCUT2D eigenvalue weighted by molar-refractivity contribution is -0.114. The third-order valence-electron chi connectivity index (χ3n) is 4.37. The number of hydrogen-bond donors (Lipinski definition) is 3. The van der Waals surface area contributed by atoms with Gasteiger partial charge in [0.25, 0.3) is 0 Å². The molecule has 2 aliphatic carbocycles. The number of carbonyl (C=O) groups excluding carboxylic acids is 3. The molecule has 6 nitrogen and oxygen atoms in total. The molecular formula is C21H19N3O3. The molecule has 0 atom stereocenters. The highest BCUT2D eigenvalue weighted by Gasteiger charge is 2.22. The van der Waals surface area contributed by atoms with Crippen LogP contribution in [-0.4, -0.2) is 17.6 Å². The largest absolute Gasteiger partial charge is 0.366 e. The molecule has 0 saturated carbocycles. The topological polar surface area (TPSA) is 115 Å². The Morgan fingerprint density at radius 3 is 2.19 bits per heavy atom. The van der Waals surface area contributed by atoms with E-state index in [1.165, 1.54) is 35.4 Å². The number of allylic oxidation sites excluding steroid dienone is 8. The molecule has 0 unspecified atom stereocenters. The normalized spacial score (nSPS) is 16.8. The van der Waals surface area contributed by atoms with Crippen molar-refractivity contribution < 1.29 is 14.4 Å². The van der Waals surface area contributed by atoms with Gasteiger partial charge in [0.1, 0.15) is 0 Å². The van der Waals surface area contributed by atoms with Crippen molar-refractivity contribution in [3.8, 4) is 0 Å². The summed E-state index contributed by atoms with van der Waals surface area (Å²) in [5, 5.41) is 3.24. The molecule has 1 heterocycles. The van der Waals surface area contributed by atoms with Gasteiger partial charge < -0.3 is 16.8 Å². The van der Waals surface area contributed by atoms with Crippen LogP contribution in [0.1, 0.15) is 33.6 Å². The molecule has 2 amide bonds. The van der Waals surface area contributed by atoms with Crippen molar-refractivity contribution in [1.29, 1.82) is 0 Å². The van der Waals surface area contributed by atoms with Crippen LogP contribution in [0.3, 0.4) is 0 Å². The van der Waals surface area contributed by atoms with Gasteiger partial charge in [0, 0.05) is 29.4 Å². The van der Waals surface area contributed by atoms with Crippen molar-refractivity contribution in [3.63, 3.8) is 0 Å². The Morgan fingerprint density at radius 2 is 1.59 bits per heavy atom. The van der Waals surface area contributed by atoms with Gasteiger partial charge in [0.2, 0.25) is 11.8 Å². The molecular weight excluding hydrogens is 342 g/mol.